The number of halogens is 2. The molecule has 5 heteroatoms. The molecule has 0 aliphatic rings. The molecular formula is C10H6Cl2O3. The second-order valence-corrected chi connectivity index (χ2v) is 3.94. The molecule has 0 spiro atoms. The molecule has 1 N–H and O–H groups in total. The number of fused-ring (bicyclic) bond motifs is 1. The minimum Gasteiger partial charge on any atom is -0.481 e. The van der Waals surface area contributed by atoms with E-state index in [1.54, 1.807) is 12.1 Å². The molecule has 15 heavy (non-hydrogen) atoms. The van der Waals surface area contributed by atoms with Gasteiger partial charge in [0.15, 0.2) is 5.58 Å². The predicted octanol–water partition coefficient (Wildman–Crippen LogP) is 3.37. The molecule has 1 aromatic heterocycles. The van der Waals surface area contributed by atoms with Crippen molar-refractivity contribution in [1.29, 1.82) is 0 Å². The Hall–Kier alpha value is -1.19. The van der Waals surface area contributed by atoms with Crippen molar-refractivity contribution in [1.82, 2.24) is 0 Å². The van der Waals surface area contributed by atoms with Crippen LogP contribution in [-0.2, 0) is 11.2 Å². The van der Waals surface area contributed by atoms with Gasteiger partial charge in [-0.15, -0.1) is 0 Å². The molecule has 0 unspecified atom stereocenters. The van der Waals surface area contributed by atoms with Crippen LogP contribution in [0.3, 0.4) is 0 Å². The first-order valence-electron chi connectivity index (χ1n) is 4.15. The summed E-state index contributed by atoms with van der Waals surface area (Å²) < 4.78 is 5.18. The van der Waals surface area contributed by atoms with Gasteiger partial charge in [0.1, 0.15) is 0 Å². The van der Waals surface area contributed by atoms with Crippen molar-refractivity contribution < 1.29 is 14.3 Å². The molecule has 0 saturated carbocycles. The van der Waals surface area contributed by atoms with Gasteiger partial charge in [0.2, 0.25) is 0 Å². The van der Waals surface area contributed by atoms with Gasteiger partial charge in [0.05, 0.1) is 17.7 Å². The third kappa shape index (κ3) is 1.94. The Labute approximate surface area is 95.2 Å². The van der Waals surface area contributed by atoms with Gasteiger partial charge in [-0.1, -0.05) is 23.2 Å². The molecule has 0 amide bonds. The quantitative estimate of drug-likeness (QED) is 0.882. The second kappa shape index (κ2) is 3.76. The topological polar surface area (TPSA) is 50.4 Å². The van der Waals surface area contributed by atoms with Crippen LogP contribution in [0, 0.1) is 0 Å². The normalized spacial score (nSPS) is 10.8. The van der Waals surface area contributed by atoms with E-state index >= 15 is 0 Å². The fourth-order valence-corrected chi connectivity index (χ4v) is 1.95. The smallest absolute Gasteiger partial charge is 0.307 e. The Balaban J connectivity index is 2.63. The number of hydrogen-bond acceptors (Lipinski definition) is 2. The summed E-state index contributed by atoms with van der Waals surface area (Å²) in [5.41, 5.74) is 1.04. The van der Waals surface area contributed by atoms with Crippen LogP contribution in [0.2, 0.25) is 10.0 Å². The summed E-state index contributed by atoms with van der Waals surface area (Å²) in [6, 6.07) is 3.20. The van der Waals surface area contributed by atoms with Gasteiger partial charge in [-0.3, -0.25) is 4.79 Å². The van der Waals surface area contributed by atoms with Crippen LogP contribution < -0.4 is 0 Å². The van der Waals surface area contributed by atoms with E-state index in [9.17, 15) is 4.79 Å². The number of carbonyl (C=O) groups is 1. The molecule has 0 aliphatic carbocycles. The number of benzene rings is 1. The van der Waals surface area contributed by atoms with Crippen molar-refractivity contribution in [3.05, 3.63) is 34.0 Å². The van der Waals surface area contributed by atoms with Crippen molar-refractivity contribution in [2.45, 2.75) is 6.42 Å². The lowest BCUT2D eigenvalue weighted by Gasteiger charge is -1.96. The summed E-state index contributed by atoms with van der Waals surface area (Å²) >= 11 is 11.7. The molecule has 0 fully saturated rings. The van der Waals surface area contributed by atoms with Crippen LogP contribution in [-0.4, -0.2) is 11.1 Å². The zero-order chi connectivity index (χ0) is 11.0. The van der Waals surface area contributed by atoms with E-state index < -0.39 is 5.97 Å². The largest absolute Gasteiger partial charge is 0.481 e. The minimum absolute atomic E-state index is 0.107. The zero-order valence-electron chi connectivity index (χ0n) is 7.46. The monoisotopic (exact) mass is 244 g/mol. The van der Waals surface area contributed by atoms with Crippen molar-refractivity contribution in [3.8, 4) is 0 Å². The van der Waals surface area contributed by atoms with E-state index in [0.717, 1.165) is 0 Å². The van der Waals surface area contributed by atoms with Crippen LogP contribution in [0.5, 0.6) is 0 Å². The summed E-state index contributed by atoms with van der Waals surface area (Å²) in [7, 11) is 0. The number of carboxylic acids is 1. The van der Waals surface area contributed by atoms with Crippen LogP contribution >= 0.6 is 23.2 Å². The summed E-state index contributed by atoms with van der Waals surface area (Å²) in [4.78, 5) is 10.6. The molecule has 3 nitrogen and oxygen atoms in total. The molecule has 0 bridgehead atoms. The van der Waals surface area contributed by atoms with Gasteiger partial charge in [-0.25, -0.2) is 0 Å². The molecule has 0 atom stereocenters. The number of aliphatic carboxylic acids is 1. The van der Waals surface area contributed by atoms with E-state index in [-0.39, 0.29) is 6.42 Å². The Morgan fingerprint density at radius 2 is 2.13 bits per heavy atom. The van der Waals surface area contributed by atoms with Gasteiger partial charge in [0.25, 0.3) is 0 Å². The lowest BCUT2D eigenvalue weighted by atomic mass is 10.1. The third-order valence-corrected chi connectivity index (χ3v) is 2.51. The highest BCUT2D eigenvalue weighted by molar-refractivity contribution is 6.38. The van der Waals surface area contributed by atoms with E-state index in [1.807, 2.05) is 0 Å². The molecule has 1 aromatic carbocycles. The zero-order valence-corrected chi connectivity index (χ0v) is 8.97. The van der Waals surface area contributed by atoms with E-state index in [2.05, 4.69) is 0 Å². The van der Waals surface area contributed by atoms with Crippen LogP contribution in [0.4, 0.5) is 0 Å². The van der Waals surface area contributed by atoms with Crippen LogP contribution in [0.1, 0.15) is 5.56 Å². The highest BCUT2D eigenvalue weighted by Gasteiger charge is 2.12. The molecule has 0 aliphatic heterocycles. The van der Waals surface area contributed by atoms with Crippen LogP contribution in [0.15, 0.2) is 22.8 Å². The molecule has 0 saturated heterocycles. The fraction of sp³-hybridized carbons (Fsp3) is 0.100. The Morgan fingerprint density at radius 1 is 1.40 bits per heavy atom. The SMILES string of the molecule is O=C(O)Cc1coc2c(Cl)cc(Cl)cc12. The summed E-state index contributed by atoms with van der Waals surface area (Å²) in [5, 5.41) is 10.2. The van der Waals surface area contributed by atoms with Crippen molar-refractivity contribution in [2.75, 3.05) is 0 Å². The highest BCUT2D eigenvalue weighted by atomic mass is 35.5. The summed E-state index contributed by atoms with van der Waals surface area (Å²) in [6.07, 6.45) is 1.28. The average molecular weight is 245 g/mol. The van der Waals surface area contributed by atoms with Gasteiger partial charge >= 0.3 is 5.97 Å². The lowest BCUT2D eigenvalue weighted by molar-refractivity contribution is -0.136. The van der Waals surface area contributed by atoms with E-state index in [1.165, 1.54) is 6.26 Å². The number of hydrogen-bond donors (Lipinski definition) is 1. The standard InChI is InChI=1S/C10H6Cl2O3/c11-6-2-7-5(1-9(13)14)4-15-10(7)8(12)3-6/h2-4H,1H2,(H,13,14). The molecular weight excluding hydrogens is 239 g/mol. The van der Waals surface area contributed by atoms with Gasteiger partial charge in [-0.2, -0.15) is 0 Å². The molecule has 0 radical (unpaired) electrons. The number of carboxylic acid groups (broad SMARTS) is 1. The van der Waals surface area contributed by atoms with E-state index in [0.29, 0.717) is 26.6 Å². The first kappa shape index (κ1) is 10.3. The maximum absolute atomic E-state index is 10.6. The summed E-state index contributed by atoms with van der Waals surface area (Å²) in [5.74, 6) is -0.922. The number of rotatable bonds is 2. The van der Waals surface area contributed by atoms with Crippen LogP contribution in [0.25, 0.3) is 11.0 Å². The summed E-state index contributed by atoms with van der Waals surface area (Å²) in [6.45, 7) is 0. The van der Waals surface area contributed by atoms with E-state index in [4.69, 9.17) is 32.7 Å². The first-order valence-corrected chi connectivity index (χ1v) is 4.90. The predicted molar refractivity (Wildman–Crippen MR) is 57.6 cm³/mol. The van der Waals surface area contributed by atoms with Gasteiger partial charge in [0, 0.05) is 16.0 Å². The van der Waals surface area contributed by atoms with Crippen molar-refractivity contribution >= 4 is 40.1 Å². The lowest BCUT2D eigenvalue weighted by Crippen LogP contribution is -1.98. The molecule has 2 aromatic rings. The van der Waals surface area contributed by atoms with Gasteiger partial charge in [-0.05, 0) is 12.1 Å². The maximum Gasteiger partial charge on any atom is 0.307 e. The third-order valence-electron chi connectivity index (χ3n) is 2.02. The molecule has 78 valence electrons. The average Bonchev–Trinajstić information content (AvgIpc) is 2.48. The van der Waals surface area contributed by atoms with Crippen molar-refractivity contribution in [3.63, 3.8) is 0 Å². The Bertz CT molecular complexity index is 531. The van der Waals surface area contributed by atoms with Crippen molar-refractivity contribution in [2.24, 2.45) is 0 Å². The highest BCUT2D eigenvalue weighted by Crippen LogP contribution is 2.31. The minimum atomic E-state index is -0.922. The number of furan rings is 1. The first-order chi connectivity index (χ1) is 7.08. The maximum atomic E-state index is 10.6. The fourth-order valence-electron chi connectivity index (χ4n) is 1.41. The second-order valence-electron chi connectivity index (χ2n) is 3.10. The van der Waals surface area contributed by atoms with Gasteiger partial charge < -0.3 is 9.52 Å². The molecule has 1 heterocycles. The Morgan fingerprint density at radius 3 is 2.80 bits per heavy atom. The Kier molecular flexibility index (Phi) is 2.59. The molecule has 2 rings (SSSR count).